The summed E-state index contributed by atoms with van der Waals surface area (Å²) in [6, 6.07) is 5.76. The van der Waals surface area contributed by atoms with Crippen LogP contribution >= 0.6 is 0 Å². The molecule has 6 heteroatoms. The number of carbonyl (C=O) groups is 1. The number of carbonyl (C=O) groups excluding carboxylic acids is 1. The molecule has 0 unspecified atom stereocenters. The van der Waals surface area contributed by atoms with Gasteiger partial charge in [0.05, 0.1) is 4.92 Å². The molecule has 0 saturated heterocycles. The van der Waals surface area contributed by atoms with Gasteiger partial charge in [-0.15, -0.1) is 0 Å². The molecule has 122 valence electrons. The summed E-state index contributed by atoms with van der Waals surface area (Å²) in [5.74, 6) is -0.607. The molecule has 0 aliphatic heterocycles. The van der Waals surface area contributed by atoms with Gasteiger partial charge in [0.25, 0.3) is 11.6 Å². The third-order valence-corrected chi connectivity index (χ3v) is 3.04. The predicted molar refractivity (Wildman–Crippen MR) is 91.5 cm³/mol. The number of nitrogens with one attached hydrogen (secondary N) is 1. The van der Waals surface area contributed by atoms with Gasteiger partial charge in [-0.25, -0.2) is 5.43 Å². The molecule has 0 bridgehead atoms. The van der Waals surface area contributed by atoms with E-state index in [1.807, 2.05) is 6.92 Å². The van der Waals surface area contributed by atoms with Crippen molar-refractivity contribution in [3.05, 3.63) is 63.2 Å². The van der Waals surface area contributed by atoms with Gasteiger partial charge in [-0.3, -0.25) is 14.9 Å². The average Bonchev–Trinajstić information content (AvgIpc) is 2.51. The van der Waals surface area contributed by atoms with Crippen LogP contribution in [0.1, 0.15) is 44.0 Å². The van der Waals surface area contributed by atoms with Gasteiger partial charge in [0.2, 0.25) is 0 Å². The first-order valence-corrected chi connectivity index (χ1v) is 7.27. The number of hydrogen-bond donors (Lipinski definition) is 1. The second kappa shape index (κ2) is 9.30. The molecule has 0 aliphatic carbocycles. The van der Waals surface area contributed by atoms with E-state index in [-0.39, 0.29) is 11.3 Å². The fourth-order valence-corrected chi connectivity index (χ4v) is 1.82. The molecule has 1 aromatic rings. The van der Waals surface area contributed by atoms with Crippen molar-refractivity contribution in [3.8, 4) is 0 Å². The highest BCUT2D eigenvalue weighted by Crippen LogP contribution is 2.17. The quantitative estimate of drug-likeness (QED) is 0.357. The van der Waals surface area contributed by atoms with Gasteiger partial charge in [0, 0.05) is 12.3 Å². The smallest absolute Gasteiger partial charge is 0.267 e. The number of nitrogens with zero attached hydrogens (tertiary/aromatic N) is 2. The number of amides is 1. The largest absolute Gasteiger partial charge is 0.282 e. The van der Waals surface area contributed by atoms with Crippen molar-refractivity contribution >= 4 is 17.8 Å². The van der Waals surface area contributed by atoms with Crippen LogP contribution in [0.15, 0.2) is 52.7 Å². The van der Waals surface area contributed by atoms with Crippen molar-refractivity contribution in [2.24, 2.45) is 5.10 Å². The van der Waals surface area contributed by atoms with Gasteiger partial charge in [-0.1, -0.05) is 29.4 Å². The van der Waals surface area contributed by atoms with Gasteiger partial charge < -0.3 is 0 Å². The molecule has 0 heterocycles. The Morgan fingerprint density at radius 3 is 2.65 bits per heavy atom. The van der Waals surface area contributed by atoms with Crippen molar-refractivity contribution in [1.29, 1.82) is 0 Å². The van der Waals surface area contributed by atoms with Crippen LogP contribution in [0.2, 0.25) is 0 Å². The van der Waals surface area contributed by atoms with Crippen LogP contribution in [0, 0.1) is 10.1 Å². The lowest BCUT2D eigenvalue weighted by Gasteiger charge is -2.00. The summed E-state index contributed by atoms with van der Waals surface area (Å²) in [6.07, 6.45) is 7.31. The molecule has 0 spiro atoms. The normalized spacial score (nSPS) is 11.3. The van der Waals surface area contributed by atoms with Crippen LogP contribution in [0.4, 0.5) is 5.69 Å². The zero-order valence-electron chi connectivity index (χ0n) is 13.6. The summed E-state index contributed by atoms with van der Waals surface area (Å²) in [5.41, 5.74) is 4.45. The molecule has 0 aliphatic rings. The van der Waals surface area contributed by atoms with E-state index in [2.05, 4.69) is 30.5 Å². The number of rotatable bonds is 7. The predicted octanol–water partition coefficient (Wildman–Crippen LogP) is 4.00. The van der Waals surface area contributed by atoms with Gasteiger partial charge in [0.15, 0.2) is 0 Å². The van der Waals surface area contributed by atoms with Gasteiger partial charge in [-0.05, 0) is 45.8 Å². The van der Waals surface area contributed by atoms with Crippen LogP contribution in [0.25, 0.3) is 0 Å². The van der Waals surface area contributed by atoms with Crippen molar-refractivity contribution in [2.45, 2.75) is 33.6 Å². The Labute approximate surface area is 135 Å². The Kier molecular flexibility index (Phi) is 7.39. The molecule has 1 aromatic carbocycles. The van der Waals surface area contributed by atoms with Gasteiger partial charge in [-0.2, -0.15) is 5.10 Å². The summed E-state index contributed by atoms with van der Waals surface area (Å²) < 4.78 is 0. The number of allylic oxidation sites excluding steroid dienone is 4. The molecule has 1 amide bonds. The van der Waals surface area contributed by atoms with Crippen molar-refractivity contribution in [2.75, 3.05) is 0 Å². The van der Waals surface area contributed by atoms with Crippen molar-refractivity contribution in [3.63, 3.8) is 0 Å². The number of para-hydroxylation sites is 1. The number of hydrazone groups is 1. The lowest BCUT2D eigenvalue weighted by Crippen LogP contribution is -2.18. The summed E-state index contributed by atoms with van der Waals surface area (Å²) >= 11 is 0. The maximum Gasteiger partial charge on any atom is 0.282 e. The lowest BCUT2D eigenvalue weighted by molar-refractivity contribution is -0.385. The van der Waals surface area contributed by atoms with E-state index in [1.165, 1.54) is 30.0 Å². The average molecular weight is 315 g/mol. The Morgan fingerprint density at radius 2 is 2.00 bits per heavy atom. The second-order valence-corrected chi connectivity index (χ2v) is 5.33. The molecule has 23 heavy (non-hydrogen) atoms. The van der Waals surface area contributed by atoms with Crippen LogP contribution in [0.3, 0.4) is 0 Å². The van der Waals surface area contributed by atoms with E-state index >= 15 is 0 Å². The molecule has 0 aromatic heterocycles. The van der Waals surface area contributed by atoms with E-state index < -0.39 is 10.8 Å². The zero-order chi connectivity index (χ0) is 17.2. The summed E-state index contributed by atoms with van der Waals surface area (Å²) in [6.45, 7) is 6.09. The first kappa shape index (κ1) is 18.3. The van der Waals surface area contributed by atoms with Crippen LogP contribution in [-0.4, -0.2) is 17.0 Å². The monoisotopic (exact) mass is 315 g/mol. The van der Waals surface area contributed by atoms with E-state index in [9.17, 15) is 14.9 Å². The maximum atomic E-state index is 11.9. The van der Waals surface area contributed by atoms with Crippen LogP contribution < -0.4 is 5.43 Å². The first-order valence-electron chi connectivity index (χ1n) is 7.27. The number of benzene rings is 1. The molecule has 1 N–H and O–H groups in total. The van der Waals surface area contributed by atoms with Crippen LogP contribution in [0.5, 0.6) is 0 Å². The van der Waals surface area contributed by atoms with Gasteiger partial charge >= 0.3 is 0 Å². The molecular weight excluding hydrogens is 294 g/mol. The molecular formula is C17H21N3O3. The lowest BCUT2D eigenvalue weighted by atomic mass is 10.1. The Hall–Kier alpha value is -2.76. The zero-order valence-corrected chi connectivity index (χ0v) is 13.6. The Bertz CT molecular complexity index is 657. The minimum absolute atomic E-state index is 0.0149. The summed E-state index contributed by atoms with van der Waals surface area (Å²) in [7, 11) is 0. The number of nitro groups is 1. The highest BCUT2D eigenvalue weighted by Gasteiger charge is 2.18. The summed E-state index contributed by atoms with van der Waals surface area (Å²) in [4.78, 5) is 22.2. The number of nitro benzene ring substituents is 1. The second-order valence-electron chi connectivity index (χ2n) is 5.33. The topological polar surface area (TPSA) is 84.6 Å². The molecule has 0 radical (unpaired) electrons. The van der Waals surface area contributed by atoms with Crippen LogP contribution in [-0.2, 0) is 0 Å². The van der Waals surface area contributed by atoms with E-state index in [4.69, 9.17) is 0 Å². The SMILES string of the molecule is CC(C)=CCC/C(C)=C/C=NNC(=O)c1ccccc1[N+](=O)[O-]. The molecule has 6 nitrogen and oxygen atoms in total. The minimum Gasteiger partial charge on any atom is -0.267 e. The van der Waals surface area contributed by atoms with E-state index in [1.54, 1.807) is 12.1 Å². The van der Waals surface area contributed by atoms with Crippen molar-refractivity contribution < 1.29 is 9.72 Å². The minimum atomic E-state index is -0.607. The highest BCUT2D eigenvalue weighted by molar-refractivity contribution is 5.98. The standard InChI is InChI=1S/C17H21N3O3/c1-13(2)7-6-8-14(3)11-12-18-19-17(21)15-9-4-5-10-16(15)20(22)23/h4-5,7,9-12H,6,8H2,1-3H3,(H,19,21)/b14-11+,18-12?. The van der Waals surface area contributed by atoms with Crippen molar-refractivity contribution in [1.82, 2.24) is 5.43 Å². The third kappa shape index (κ3) is 6.69. The fourth-order valence-electron chi connectivity index (χ4n) is 1.82. The van der Waals surface area contributed by atoms with E-state index in [0.29, 0.717) is 0 Å². The number of hydrogen-bond acceptors (Lipinski definition) is 4. The third-order valence-electron chi connectivity index (χ3n) is 3.04. The molecule has 1 rings (SSSR count). The Morgan fingerprint density at radius 1 is 1.30 bits per heavy atom. The molecule has 0 saturated carbocycles. The maximum absolute atomic E-state index is 11.9. The highest BCUT2D eigenvalue weighted by atomic mass is 16.6. The Balaban J connectivity index is 2.59. The van der Waals surface area contributed by atoms with E-state index in [0.717, 1.165) is 18.4 Å². The molecule has 0 atom stereocenters. The first-order chi connectivity index (χ1) is 10.9. The summed E-state index contributed by atoms with van der Waals surface area (Å²) in [5, 5.41) is 14.7. The fraction of sp³-hybridized carbons (Fsp3) is 0.294. The molecule has 0 fully saturated rings. The van der Waals surface area contributed by atoms with Gasteiger partial charge in [0.1, 0.15) is 5.56 Å².